The van der Waals surface area contributed by atoms with Crippen molar-refractivity contribution in [2.45, 2.75) is 35.0 Å². The van der Waals surface area contributed by atoms with Crippen molar-refractivity contribution in [3.63, 3.8) is 0 Å². The number of fused-ring (bicyclic) bond motifs is 1. The van der Waals surface area contributed by atoms with Gasteiger partial charge in [0, 0.05) is 35.6 Å². The Labute approximate surface area is 106 Å². The molecule has 0 amide bonds. The molecule has 1 heterocycles. The van der Waals surface area contributed by atoms with E-state index >= 15 is 0 Å². The molecular formula is C14H21S2+. The number of rotatable bonds is 1. The van der Waals surface area contributed by atoms with E-state index in [-0.39, 0.29) is 0 Å². The van der Waals surface area contributed by atoms with Gasteiger partial charge in [0.2, 0.25) is 0 Å². The summed E-state index contributed by atoms with van der Waals surface area (Å²) in [6, 6.07) is 0. The first kappa shape index (κ1) is 9.61. The summed E-state index contributed by atoms with van der Waals surface area (Å²) in [6.45, 7) is 2.68. The zero-order valence-corrected chi connectivity index (χ0v) is 12.0. The van der Waals surface area contributed by atoms with E-state index in [4.69, 9.17) is 0 Å². The van der Waals surface area contributed by atoms with Crippen LogP contribution in [-0.4, -0.2) is 21.3 Å². The second kappa shape index (κ2) is 2.39. The summed E-state index contributed by atoms with van der Waals surface area (Å²) < 4.78 is 1.51. The van der Waals surface area contributed by atoms with Gasteiger partial charge in [-0.05, 0) is 43.3 Å². The third-order valence-electron chi connectivity index (χ3n) is 7.44. The van der Waals surface area contributed by atoms with Crippen LogP contribution in [0.3, 0.4) is 0 Å². The molecule has 9 atom stereocenters. The molecule has 2 heteroatoms. The highest BCUT2D eigenvalue weighted by Crippen LogP contribution is 2.84. The summed E-state index contributed by atoms with van der Waals surface area (Å²) >= 11 is 2.28. The van der Waals surface area contributed by atoms with E-state index in [1.165, 1.54) is 17.8 Å². The molecule has 88 valence electrons. The SMILES string of the molecule is CSC12CC3C4CC(C)(C5C4CC3C51)[S+]2C. The van der Waals surface area contributed by atoms with E-state index in [0.717, 1.165) is 26.6 Å². The van der Waals surface area contributed by atoms with Crippen molar-refractivity contribution in [3.05, 3.63) is 0 Å². The van der Waals surface area contributed by atoms with Crippen LogP contribution < -0.4 is 0 Å². The number of thioether (sulfide) groups is 1. The van der Waals surface area contributed by atoms with Crippen LogP contribution in [0.2, 0.25) is 0 Å². The Morgan fingerprint density at radius 2 is 1.75 bits per heavy atom. The van der Waals surface area contributed by atoms with Crippen molar-refractivity contribution in [2.75, 3.05) is 12.5 Å². The summed E-state index contributed by atoms with van der Waals surface area (Å²) in [5, 5.41) is 0. The van der Waals surface area contributed by atoms with Crippen LogP contribution in [0.25, 0.3) is 0 Å². The summed E-state index contributed by atoms with van der Waals surface area (Å²) in [6.07, 6.45) is 9.92. The van der Waals surface area contributed by atoms with Gasteiger partial charge in [0.1, 0.15) is 4.75 Å². The lowest BCUT2D eigenvalue weighted by molar-refractivity contribution is 0.221. The van der Waals surface area contributed by atoms with Crippen molar-refractivity contribution in [2.24, 2.45) is 35.5 Å². The normalized spacial score (nSPS) is 77.1. The van der Waals surface area contributed by atoms with E-state index in [2.05, 4.69) is 31.2 Å². The first-order valence-electron chi connectivity index (χ1n) is 6.85. The fraction of sp³-hybridized carbons (Fsp3) is 1.00. The van der Waals surface area contributed by atoms with Gasteiger partial charge in [0.15, 0.2) is 4.08 Å². The second-order valence-electron chi connectivity index (χ2n) is 7.19. The number of hydrogen-bond donors (Lipinski definition) is 0. The molecule has 0 N–H and O–H groups in total. The van der Waals surface area contributed by atoms with Gasteiger partial charge in [-0.1, -0.05) is 0 Å². The Bertz CT molecular complexity index is 394. The zero-order valence-electron chi connectivity index (χ0n) is 10.4. The largest absolute Gasteiger partial charge is 0.177 e. The fourth-order valence-electron chi connectivity index (χ4n) is 7.16. The molecule has 0 spiro atoms. The summed E-state index contributed by atoms with van der Waals surface area (Å²) in [4.78, 5) is 0. The first-order chi connectivity index (χ1) is 7.63. The monoisotopic (exact) mass is 253 g/mol. The molecule has 0 aromatic heterocycles. The Morgan fingerprint density at radius 1 is 1.06 bits per heavy atom. The average molecular weight is 253 g/mol. The van der Waals surface area contributed by atoms with Gasteiger partial charge in [-0.25, -0.2) is 0 Å². The van der Waals surface area contributed by atoms with Crippen LogP contribution in [-0.2, 0) is 10.9 Å². The van der Waals surface area contributed by atoms with Crippen molar-refractivity contribution >= 4 is 22.7 Å². The van der Waals surface area contributed by atoms with Gasteiger partial charge in [-0.2, -0.15) is 0 Å². The van der Waals surface area contributed by atoms with Gasteiger partial charge in [0.25, 0.3) is 0 Å². The van der Waals surface area contributed by atoms with Crippen LogP contribution >= 0.6 is 11.8 Å². The molecular weight excluding hydrogens is 232 g/mol. The predicted octanol–water partition coefficient (Wildman–Crippen LogP) is 2.99. The molecule has 5 aliphatic rings. The minimum atomic E-state index is 0.686. The van der Waals surface area contributed by atoms with Crippen molar-refractivity contribution in [3.8, 4) is 0 Å². The molecule has 4 aliphatic carbocycles. The molecule has 5 fully saturated rings. The lowest BCUT2D eigenvalue weighted by Gasteiger charge is -2.28. The Kier molecular flexibility index (Phi) is 1.43. The van der Waals surface area contributed by atoms with Crippen LogP contribution in [0.15, 0.2) is 0 Å². The lowest BCUT2D eigenvalue weighted by Crippen LogP contribution is -2.39. The van der Waals surface area contributed by atoms with Gasteiger partial charge in [-0.15, -0.1) is 11.8 Å². The lowest BCUT2D eigenvalue weighted by atomic mass is 9.78. The first-order valence-corrected chi connectivity index (χ1v) is 9.70. The van der Waals surface area contributed by atoms with Gasteiger partial charge >= 0.3 is 0 Å². The van der Waals surface area contributed by atoms with Gasteiger partial charge in [0.05, 0.1) is 6.26 Å². The predicted molar refractivity (Wildman–Crippen MR) is 72.7 cm³/mol. The quantitative estimate of drug-likeness (QED) is 0.647. The molecule has 1 saturated heterocycles. The smallest absolute Gasteiger partial charge is 0.105 e. The Hall–Kier alpha value is 0.700. The van der Waals surface area contributed by atoms with Crippen LogP contribution in [0.1, 0.15) is 26.2 Å². The molecule has 4 saturated carbocycles. The molecule has 16 heavy (non-hydrogen) atoms. The maximum Gasteiger partial charge on any atom is 0.177 e. The zero-order chi connectivity index (χ0) is 10.9. The molecule has 0 aromatic rings. The molecule has 0 aromatic carbocycles. The summed E-state index contributed by atoms with van der Waals surface area (Å²) in [7, 11) is 0.686. The van der Waals surface area contributed by atoms with E-state index in [1.54, 1.807) is 19.3 Å². The second-order valence-corrected chi connectivity index (χ2v) is 11.3. The van der Waals surface area contributed by atoms with E-state index in [1.807, 2.05) is 0 Å². The average Bonchev–Trinajstić information content (AvgIpc) is 2.90. The highest BCUT2D eigenvalue weighted by atomic mass is 32.2. The third kappa shape index (κ3) is 0.639. The van der Waals surface area contributed by atoms with Crippen LogP contribution in [0.5, 0.6) is 0 Å². The maximum absolute atomic E-state index is 2.68. The Balaban J connectivity index is 1.83. The van der Waals surface area contributed by atoms with Gasteiger partial charge in [-0.3, -0.25) is 0 Å². The minimum Gasteiger partial charge on any atom is -0.105 e. The molecule has 2 bridgehead atoms. The highest BCUT2D eigenvalue weighted by molar-refractivity contribution is 8.17. The molecule has 5 rings (SSSR count). The molecule has 1 aliphatic heterocycles. The number of hydrogen-bond acceptors (Lipinski definition) is 1. The summed E-state index contributed by atoms with van der Waals surface area (Å²) in [5.41, 5.74) is 0. The molecule has 9 unspecified atom stereocenters. The molecule has 0 radical (unpaired) electrons. The maximum atomic E-state index is 2.68. The van der Waals surface area contributed by atoms with E-state index in [9.17, 15) is 0 Å². The van der Waals surface area contributed by atoms with Crippen molar-refractivity contribution in [1.29, 1.82) is 0 Å². The van der Waals surface area contributed by atoms with Gasteiger partial charge < -0.3 is 0 Å². The van der Waals surface area contributed by atoms with Crippen molar-refractivity contribution in [1.82, 2.24) is 0 Å². The molecule has 0 nitrogen and oxygen atoms in total. The van der Waals surface area contributed by atoms with E-state index in [0.29, 0.717) is 10.9 Å². The standard InChI is InChI=1S/C14H21S2/c1-13-5-9-7-4-8-10(9)6-14(15-2,16(13)3)12(8)11(7)13/h7-12H,4-6H2,1-3H3/q+1. The van der Waals surface area contributed by atoms with Crippen LogP contribution in [0.4, 0.5) is 0 Å². The minimum absolute atomic E-state index is 0.686. The fourth-order valence-corrected chi connectivity index (χ4v) is 12.8. The van der Waals surface area contributed by atoms with E-state index < -0.39 is 0 Å². The topological polar surface area (TPSA) is 0 Å². The van der Waals surface area contributed by atoms with Crippen LogP contribution in [0, 0.1) is 35.5 Å². The third-order valence-corrected chi connectivity index (χ3v) is 13.1. The summed E-state index contributed by atoms with van der Waals surface area (Å²) in [5.74, 6) is 6.99. The highest BCUT2D eigenvalue weighted by Gasteiger charge is 2.88. The van der Waals surface area contributed by atoms with Crippen molar-refractivity contribution < 1.29 is 0 Å². The Morgan fingerprint density at radius 3 is 2.50 bits per heavy atom.